The molecular weight excluding hydrogens is 642 g/mol. The maximum Gasteiger partial charge on any atom is 0.411 e. The van der Waals surface area contributed by atoms with Gasteiger partial charge in [-0.2, -0.15) is 0 Å². The van der Waals surface area contributed by atoms with Gasteiger partial charge in [0, 0.05) is 0 Å². The molecular formula is C43H45NO7. The number of carbonyl (C=O) groups is 2. The van der Waals surface area contributed by atoms with Crippen LogP contribution >= 0.6 is 0 Å². The van der Waals surface area contributed by atoms with Crippen molar-refractivity contribution in [1.82, 2.24) is 4.90 Å². The monoisotopic (exact) mass is 687 g/mol. The second-order valence-corrected chi connectivity index (χ2v) is 13.7. The fraction of sp³-hybridized carbons (Fsp3) is 0.302. The Kier molecular flexibility index (Phi) is 11.8. The third kappa shape index (κ3) is 9.61. The van der Waals surface area contributed by atoms with Crippen LogP contribution in [-0.4, -0.2) is 53.5 Å². The lowest BCUT2D eigenvalue weighted by molar-refractivity contribution is -0.211. The summed E-state index contributed by atoms with van der Waals surface area (Å²) in [5.41, 5.74) is 2.83. The standard InChI is InChI=1S/C43H45NO7/c1-43(2,3)51-41(45)38-40(49-30-35-24-15-23-34-22-13-14-25-36(34)35)39(48-28-32-18-9-5-10-19-32)37(47-27-31-16-7-4-8-17-31)26-44(38)42(46)50-29-33-20-11-6-12-21-33/h4-25,37-40H,26-30H2,1-3H3/t37-,38+,39+,40+/m0/s1. The first-order chi connectivity index (χ1) is 24.7. The van der Waals surface area contributed by atoms with Gasteiger partial charge in [0.1, 0.15) is 30.5 Å². The van der Waals surface area contributed by atoms with Crippen LogP contribution in [0.1, 0.15) is 43.0 Å². The van der Waals surface area contributed by atoms with Gasteiger partial charge in [0.15, 0.2) is 6.04 Å². The Morgan fingerprint density at radius 2 is 1.14 bits per heavy atom. The van der Waals surface area contributed by atoms with Gasteiger partial charge in [0.25, 0.3) is 0 Å². The molecule has 6 rings (SSSR count). The summed E-state index contributed by atoms with van der Waals surface area (Å²) in [5, 5.41) is 2.10. The van der Waals surface area contributed by atoms with Crippen molar-refractivity contribution >= 4 is 22.8 Å². The van der Waals surface area contributed by atoms with E-state index in [4.69, 9.17) is 23.7 Å². The number of benzene rings is 5. The number of carbonyl (C=O) groups excluding carboxylic acids is 2. The fourth-order valence-corrected chi connectivity index (χ4v) is 6.28. The Morgan fingerprint density at radius 3 is 1.76 bits per heavy atom. The van der Waals surface area contributed by atoms with Gasteiger partial charge in [-0.1, -0.05) is 133 Å². The third-order valence-electron chi connectivity index (χ3n) is 8.71. The van der Waals surface area contributed by atoms with E-state index in [9.17, 15) is 9.59 Å². The highest BCUT2D eigenvalue weighted by atomic mass is 16.6. The van der Waals surface area contributed by atoms with Gasteiger partial charge < -0.3 is 23.7 Å². The lowest BCUT2D eigenvalue weighted by atomic mass is 9.92. The van der Waals surface area contributed by atoms with E-state index in [0.29, 0.717) is 0 Å². The number of amides is 1. The molecule has 1 amide bonds. The van der Waals surface area contributed by atoms with E-state index in [-0.39, 0.29) is 33.0 Å². The molecule has 0 spiro atoms. The fourth-order valence-electron chi connectivity index (χ4n) is 6.28. The van der Waals surface area contributed by atoms with Crippen LogP contribution in [0.3, 0.4) is 0 Å². The maximum absolute atomic E-state index is 14.3. The lowest BCUT2D eigenvalue weighted by Gasteiger charge is -2.47. The van der Waals surface area contributed by atoms with E-state index in [2.05, 4.69) is 0 Å². The molecule has 1 saturated heterocycles. The second-order valence-electron chi connectivity index (χ2n) is 13.7. The summed E-state index contributed by atoms with van der Waals surface area (Å²) >= 11 is 0. The maximum atomic E-state index is 14.3. The molecule has 5 aromatic carbocycles. The minimum Gasteiger partial charge on any atom is -0.458 e. The van der Waals surface area contributed by atoms with Crippen LogP contribution in [0.25, 0.3) is 10.8 Å². The van der Waals surface area contributed by atoms with E-state index in [0.717, 1.165) is 33.0 Å². The van der Waals surface area contributed by atoms with Gasteiger partial charge in [-0.05, 0) is 53.8 Å². The zero-order chi connectivity index (χ0) is 35.6. The van der Waals surface area contributed by atoms with Gasteiger partial charge in [-0.15, -0.1) is 0 Å². The highest BCUT2D eigenvalue weighted by molar-refractivity contribution is 5.85. The van der Waals surface area contributed by atoms with Gasteiger partial charge in [0.05, 0.1) is 26.4 Å². The van der Waals surface area contributed by atoms with Crippen molar-refractivity contribution in [3.8, 4) is 0 Å². The summed E-state index contributed by atoms with van der Waals surface area (Å²) in [6, 6.07) is 41.9. The van der Waals surface area contributed by atoms with E-state index >= 15 is 0 Å². The molecule has 4 atom stereocenters. The third-order valence-corrected chi connectivity index (χ3v) is 8.71. The van der Waals surface area contributed by atoms with E-state index in [1.54, 1.807) is 20.8 Å². The number of ether oxygens (including phenoxy) is 5. The minimum atomic E-state index is -1.19. The Morgan fingerprint density at radius 1 is 0.608 bits per heavy atom. The van der Waals surface area contributed by atoms with Gasteiger partial charge in [-0.3, -0.25) is 4.90 Å². The van der Waals surface area contributed by atoms with Crippen molar-refractivity contribution in [1.29, 1.82) is 0 Å². The molecule has 8 nitrogen and oxygen atoms in total. The minimum absolute atomic E-state index is 0.0119. The Labute approximate surface area is 299 Å². The topological polar surface area (TPSA) is 83.5 Å². The highest BCUT2D eigenvalue weighted by Crippen LogP contribution is 2.32. The molecule has 1 aliphatic heterocycles. The molecule has 0 aromatic heterocycles. The summed E-state index contributed by atoms with van der Waals surface area (Å²) in [6.07, 6.45) is -3.11. The molecule has 0 aliphatic carbocycles. The first-order valence-electron chi connectivity index (χ1n) is 17.3. The molecule has 0 N–H and O–H groups in total. The number of piperidine rings is 1. The Bertz CT molecular complexity index is 1850. The summed E-state index contributed by atoms with van der Waals surface area (Å²) in [7, 11) is 0. The number of likely N-dealkylation sites (tertiary alicyclic amines) is 1. The molecule has 0 bridgehead atoms. The van der Waals surface area contributed by atoms with Gasteiger partial charge >= 0.3 is 12.1 Å². The SMILES string of the molecule is CC(C)(C)OC(=O)[C@H]1[C@@H](OCc2cccc3ccccc23)[C@H](OCc2ccccc2)[C@@H](OCc2ccccc2)CN1C(=O)OCc1ccccc1. The normalized spacial score (nSPS) is 19.1. The molecule has 264 valence electrons. The molecule has 0 saturated carbocycles. The predicted molar refractivity (Wildman–Crippen MR) is 196 cm³/mol. The number of hydrogen-bond acceptors (Lipinski definition) is 7. The molecule has 1 fully saturated rings. The molecule has 8 heteroatoms. The smallest absolute Gasteiger partial charge is 0.411 e. The van der Waals surface area contributed by atoms with Crippen LogP contribution in [0.4, 0.5) is 4.79 Å². The quantitative estimate of drug-likeness (QED) is 0.122. The van der Waals surface area contributed by atoms with Crippen molar-refractivity contribution in [2.24, 2.45) is 0 Å². The van der Waals surface area contributed by atoms with Crippen molar-refractivity contribution in [3.05, 3.63) is 156 Å². The van der Waals surface area contributed by atoms with Crippen LogP contribution in [0, 0.1) is 0 Å². The Balaban J connectivity index is 1.38. The first kappa shape index (κ1) is 35.8. The molecule has 0 unspecified atom stereocenters. The van der Waals surface area contributed by atoms with Crippen molar-refractivity contribution < 1.29 is 33.3 Å². The Hall–Kier alpha value is -5.02. The van der Waals surface area contributed by atoms with Crippen LogP contribution in [0.2, 0.25) is 0 Å². The van der Waals surface area contributed by atoms with E-state index in [1.165, 1.54) is 4.90 Å². The summed E-state index contributed by atoms with van der Waals surface area (Å²) in [6.45, 7) is 6.09. The van der Waals surface area contributed by atoms with Crippen molar-refractivity contribution in [3.63, 3.8) is 0 Å². The highest BCUT2D eigenvalue weighted by Gasteiger charge is 2.52. The number of nitrogens with zero attached hydrogens (tertiary/aromatic N) is 1. The number of rotatable bonds is 12. The van der Waals surface area contributed by atoms with Crippen LogP contribution in [0.15, 0.2) is 133 Å². The van der Waals surface area contributed by atoms with E-state index in [1.807, 2.05) is 133 Å². The van der Waals surface area contributed by atoms with Crippen molar-refractivity contribution in [2.45, 2.75) is 77.2 Å². The van der Waals surface area contributed by atoms with E-state index < -0.39 is 42.0 Å². The average Bonchev–Trinajstić information content (AvgIpc) is 3.14. The van der Waals surface area contributed by atoms with Crippen LogP contribution in [-0.2, 0) is 54.9 Å². The summed E-state index contributed by atoms with van der Waals surface area (Å²) in [4.78, 5) is 29.8. The molecule has 51 heavy (non-hydrogen) atoms. The molecule has 0 radical (unpaired) electrons. The number of hydrogen-bond donors (Lipinski definition) is 0. The molecule has 1 aliphatic rings. The van der Waals surface area contributed by atoms with Crippen molar-refractivity contribution in [2.75, 3.05) is 6.54 Å². The van der Waals surface area contributed by atoms with Gasteiger partial charge in [0.2, 0.25) is 0 Å². The van der Waals surface area contributed by atoms with Crippen LogP contribution in [0.5, 0.6) is 0 Å². The molecule has 5 aromatic rings. The lowest BCUT2D eigenvalue weighted by Crippen LogP contribution is -2.67. The number of esters is 1. The average molecular weight is 688 g/mol. The van der Waals surface area contributed by atoms with Crippen LogP contribution < -0.4 is 0 Å². The number of fused-ring (bicyclic) bond motifs is 1. The second kappa shape index (κ2) is 16.8. The van der Waals surface area contributed by atoms with Gasteiger partial charge in [-0.25, -0.2) is 9.59 Å². The first-order valence-corrected chi connectivity index (χ1v) is 17.3. The zero-order valence-electron chi connectivity index (χ0n) is 29.4. The predicted octanol–water partition coefficient (Wildman–Crippen LogP) is 8.26. The molecule has 1 heterocycles. The zero-order valence-corrected chi connectivity index (χ0v) is 29.4. The summed E-state index contributed by atoms with van der Waals surface area (Å²) < 4.78 is 31.9. The largest absolute Gasteiger partial charge is 0.458 e. The summed E-state index contributed by atoms with van der Waals surface area (Å²) in [5.74, 6) is -0.614.